The molecule has 0 radical (unpaired) electrons. The third kappa shape index (κ3) is 8.71. The third-order valence-corrected chi connectivity index (χ3v) is 10.00. The van der Waals surface area contributed by atoms with Crippen molar-refractivity contribution in [3.63, 3.8) is 0 Å². The standard InChI is InChI=1S/C40H48N4O10/c1-23-35-25(21-31(49-5)37(23)51-27-11-15-43(3)16-12-27)19-29(39(47)53-35)41-33(45)9-7-8-10-34(46)42-30-20-26-22-32(50-6)38(24(2)36(26)54-40(30)48)52-28-13-17-44(4)18-14-28/h7-8,19-22,27-28H,9-18H2,1-6H3,(H,41,45)(H,42,46)/b8-7+. The van der Waals surface area contributed by atoms with Gasteiger partial charge in [0.1, 0.15) is 34.7 Å². The molecule has 6 rings (SSSR count). The predicted molar refractivity (Wildman–Crippen MR) is 205 cm³/mol. The molecule has 2 saturated heterocycles. The summed E-state index contributed by atoms with van der Waals surface area (Å²) < 4.78 is 35.2. The second kappa shape index (κ2) is 16.8. The molecule has 2 aliphatic heterocycles. The van der Waals surface area contributed by atoms with E-state index in [9.17, 15) is 19.2 Å². The summed E-state index contributed by atoms with van der Waals surface area (Å²) in [5.74, 6) is 1.11. The predicted octanol–water partition coefficient (Wildman–Crippen LogP) is 5.39. The molecule has 0 bridgehead atoms. The van der Waals surface area contributed by atoms with Crippen molar-refractivity contribution in [2.45, 2.75) is 64.6 Å². The molecule has 2 aromatic heterocycles. The number of amides is 2. The Hall–Kier alpha value is -5.34. The monoisotopic (exact) mass is 744 g/mol. The number of ether oxygens (including phenoxy) is 4. The normalized spacial score (nSPS) is 16.2. The minimum atomic E-state index is -0.708. The van der Waals surface area contributed by atoms with Crippen molar-refractivity contribution in [1.29, 1.82) is 0 Å². The van der Waals surface area contributed by atoms with Crippen LogP contribution in [0.4, 0.5) is 11.4 Å². The number of carbonyl (C=O) groups is 2. The molecule has 0 atom stereocenters. The summed E-state index contributed by atoms with van der Waals surface area (Å²) in [4.78, 5) is 55.8. The van der Waals surface area contributed by atoms with E-state index in [2.05, 4.69) is 34.5 Å². The maximum atomic E-state index is 12.9. The lowest BCUT2D eigenvalue weighted by molar-refractivity contribution is -0.116. The molecule has 14 nitrogen and oxygen atoms in total. The molecule has 0 aliphatic carbocycles. The highest BCUT2D eigenvalue weighted by Gasteiger charge is 2.25. The van der Waals surface area contributed by atoms with Crippen molar-refractivity contribution in [3.05, 3.63) is 68.4 Å². The van der Waals surface area contributed by atoms with Crippen molar-refractivity contribution in [3.8, 4) is 23.0 Å². The molecule has 14 heteroatoms. The van der Waals surface area contributed by atoms with Gasteiger partial charge >= 0.3 is 11.3 Å². The lowest BCUT2D eigenvalue weighted by Gasteiger charge is -2.30. The summed E-state index contributed by atoms with van der Waals surface area (Å²) in [5, 5.41) is 6.31. The smallest absolute Gasteiger partial charge is 0.360 e. The largest absolute Gasteiger partial charge is 0.493 e. The van der Waals surface area contributed by atoms with E-state index in [1.807, 2.05) is 13.8 Å². The molecule has 0 spiro atoms. The molecule has 2 fully saturated rings. The molecule has 4 heterocycles. The number of piperidine rings is 2. The van der Waals surface area contributed by atoms with Gasteiger partial charge in [-0.1, -0.05) is 12.2 Å². The zero-order chi connectivity index (χ0) is 38.5. The highest BCUT2D eigenvalue weighted by Crippen LogP contribution is 2.40. The van der Waals surface area contributed by atoms with Crippen molar-refractivity contribution in [1.82, 2.24) is 9.80 Å². The van der Waals surface area contributed by atoms with E-state index in [1.165, 1.54) is 12.2 Å². The van der Waals surface area contributed by atoms with Gasteiger partial charge in [-0.25, -0.2) is 9.59 Å². The van der Waals surface area contributed by atoms with Crippen LogP contribution < -0.4 is 40.8 Å². The van der Waals surface area contributed by atoms with Crippen LogP contribution in [-0.2, 0) is 9.59 Å². The fourth-order valence-electron chi connectivity index (χ4n) is 6.86. The molecule has 2 amide bonds. The summed E-state index contributed by atoms with van der Waals surface area (Å²) in [5.41, 5.74) is 0.504. The number of hydrogen-bond donors (Lipinski definition) is 2. The number of nitrogens with one attached hydrogen (secondary N) is 2. The fraction of sp³-hybridized carbons (Fsp3) is 0.450. The molecule has 0 saturated carbocycles. The molecule has 2 aliphatic rings. The number of hydrogen-bond acceptors (Lipinski definition) is 12. The van der Waals surface area contributed by atoms with Gasteiger partial charge in [0, 0.05) is 60.9 Å². The number of carbonyl (C=O) groups excluding carboxylic acids is 2. The first kappa shape index (κ1) is 38.4. The van der Waals surface area contributed by atoms with Gasteiger partial charge in [-0.15, -0.1) is 0 Å². The summed E-state index contributed by atoms with van der Waals surface area (Å²) in [7, 11) is 7.26. The number of likely N-dealkylation sites (tertiary alicyclic amines) is 2. The quantitative estimate of drug-likeness (QED) is 0.141. The van der Waals surface area contributed by atoms with Gasteiger partial charge in [0.05, 0.1) is 14.2 Å². The minimum absolute atomic E-state index is 0.0197. The molecule has 54 heavy (non-hydrogen) atoms. The molecule has 2 N–H and O–H groups in total. The number of fused-ring (bicyclic) bond motifs is 2. The summed E-state index contributed by atoms with van der Waals surface area (Å²) in [6.45, 7) is 7.33. The maximum Gasteiger partial charge on any atom is 0.360 e. The third-order valence-electron chi connectivity index (χ3n) is 10.00. The highest BCUT2D eigenvalue weighted by atomic mass is 16.5. The van der Waals surface area contributed by atoms with Crippen LogP contribution in [-0.4, -0.2) is 88.3 Å². The topological polar surface area (TPSA) is 162 Å². The van der Waals surface area contributed by atoms with Crippen molar-refractivity contribution < 1.29 is 37.4 Å². The van der Waals surface area contributed by atoms with Crippen LogP contribution in [0.25, 0.3) is 21.9 Å². The van der Waals surface area contributed by atoms with E-state index in [1.54, 1.807) is 38.5 Å². The van der Waals surface area contributed by atoms with Gasteiger partial charge in [0.15, 0.2) is 23.0 Å². The van der Waals surface area contributed by atoms with E-state index >= 15 is 0 Å². The maximum absolute atomic E-state index is 12.9. The van der Waals surface area contributed by atoms with Crippen LogP contribution in [0, 0.1) is 13.8 Å². The number of rotatable bonds is 12. The van der Waals surface area contributed by atoms with Gasteiger partial charge in [-0.05, 0) is 77.9 Å². The summed E-state index contributed by atoms with van der Waals surface area (Å²) in [6.07, 6.45) is 6.30. The number of benzene rings is 2. The average Bonchev–Trinajstić information content (AvgIpc) is 3.15. The summed E-state index contributed by atoms with van der Waals surface area (Å²) >= 11 is 0. The van der Waals surface area contributed by atoms with Crippen LogP contribution in [0.3, 0.4) is 0 Å². The molecular formula is C40H48N4O10. The first-order chi connectivity index (χ1) is 25.9. The minimum Gasteiger partial charge on any atom is -0.493 e. The van der Waals surface area contributed by atoms with E-state index < -0.39 is 23.1 Å². The Kier molecular flexibility index (Phi) is 11.9. The lowest BCUT2D eigenvalue weighted by atomic mass is 10.1. The second-order valence-corrected chi connectivity index (χ2v) is 14.0. The fourth-order valence-corrected chi connectivity index (χ4v) is 6.86. The number of nitrogens with zero attached hydrogens (tertiary/aromatic N) is 2. The highest BCUT2D eigenvalue weighted by molar-refractivity contribution is 5.96. The van der Waals surface area contributed by atoms with Crippen LogP contribution >= 0.6 is 0 Å². The zero-order valence-electron chi connectivity index (χ0n) is 31.7. The lowest BCUT2D eigenvalue weighted by Crippen LogP contribution is -2.35. The van der Waals surface area contributed by atoms with Crippen LogP contribution in [0.15, 0.2) is 54.8 Å². The number of aryl methyl sites for hydroxylation is 2. The summed E-state index contributed by atoms with van der Waals surface area (Å²) in [6, 6.07) is 6.53. The SMILES string of the molecule is COc1cc2cc(NC(=O)C/C=C/CC(=O)Nc3cc4cc(OC)c(OC5CCN(C)CC5)c(C)c4oc3=O)c(=O)oc2c(C)c1OC1CCN(C)CC1. The van der Waals surface area contributed by atoms with Crippen LogP contribution in [0.2, 0.25) is 0 Å². The van der Waals surface area contributed by atoms with Gasteiger partial charge in [-0.3, -0.25) is 9.59 Å². The van der Waals surface area contributed by atoms with Crippen molar-refractivity contribution in [2.24, 2.45) is 0 Å². The van der Waals surface area contributed by atoms with E-state index in [0.29, 0.717) is 56.1 Å². The number of anilines is 2. The first-order valence-electron chi connectivity index (χ1n) is 18.2. The molecule has 2 aromatic carbocycles. The Labute approximate surface area is 313 Å². The molecular weight excluding hydrogens is 696 g/mol. The van der Waals surface area contributed by atoms with E-state index in [4.69, 9.17) is 27.8 Å². The molecule has 288 valence electrons. The zero-order valence-corrected chi connectivity index (χ0v) is 31.7. The Morgan fingerprint density at radius 1 is 0.685 bits per heavy atom. The molecule has 0 unspecified atom stereocenters. The van der Waals surface area contributed by atoms with E-state index in [0.717, 1.165) is 51.9 Å². The molecule has 4 aromatic rings. The Bertz CT molecular complexity index is 2020. The van der Waals surface area contributed by atoms with Crippen molar-refractivity contribution >= 4 is 45.1 Å². The van der Waals surface area contributed by atoms with Crippen molar-refractivity contribution in [2.75, 3.05) is 65.1 Å². The van der Waals surface area contributed by atoms with Gasteiger partial charge in [0.25, 0.3) is 0 Å². The van der Waals surface area contributed by atoms with Gasteiger partial charge in [-0.2, -0.15) is 0 Å². The Balaban J connectivity index is 1.06. The van der Waals surface area contributed by atoms with E-state index in [-0.39, 0.29) is 36.4 Å². The van der Waals surface area contributed by atoms with Gasteiger partial charge in [0.2, 0.25) is 11.8 Å². The van der Waals surface area contributed by atoms with Gasteiger partial charge < -0.3 is 48.2 Å². The van der Waals surface area contributed by atoms with Crippen LogP contribution in [0.1, 0.15) is 49.7 Å². The Morgan fingerprint density at radius 2 is 1.06 bits per heavy atom. The first-order valence-corrected chi connectivity index (χ1v) is 18.2. The van der Waals surface area contributed by atoms with Crippen LogP contribution in [0.5, 0.6) is 23.0 Å². The second-order valence-electron chi connectivity index (χ2n) is 14.0. The Morgan fingerprint density at radius 3 is 1.41 bits per heavy atom. The average molecular weight is 745 g/mol. The number of methoxy groups -OCH3 is 2.